The van der Waals surface area contributed by atoms with E-state index >= 15 is 0 Å². The van der Waals surface area contributed by atoms with Crippen LogP contribution in [0.1, 0.15) is 18.9 Å². The number of rotatable bonds is 1. The van der Waals surface area contributed by atoms with Gasteiger partial charge < -0.3 is 4.74 Å². The largest absolute Gasteiger partial charge is 0.379 e. The topological polar surface area (TPSA) is 44.1 Å². The smallest absolute Gasteiger partial charge is 0.287 e. The average Bonchev–Trinajstić information content (AvgIpc) is 2.27. The van der Waals surface area contributed by atoms with Crippen molar-refractivity contribution < 1.29 is 4.74 Å². The van der Waals surface area contributed by atoms with Crippen molar-refractivity contribution in [1.29, 1.82) is 0 Å². The van der Waals surface area contributed by atoms with Gasteiger partial charge >= 0.3 is 0 Å². The molecule has 0 N–H and O–H groups in total. The molecule has 2 heterocycles. The Morgan fingerprint density at radius 1 is 1.53 bits per heavy atom. The van der Waals surface area contributed by atoms with E-state index in [1.165, 1.54) is 10.9 Å². The molecule has 4 nitrogen and oxygen atoms in total. The second-order valence-corrected chi connectivity index (χ2v) is 4.21. The van der Waals surface area contributed by atoms with E-state index in [1.54, 1.807) is 0 Å². The van der Waals surface area contributed by atoms with Crippen LogP contribution in [0.2, 0.25) is 10.0 Å². The van der Waals surface area contributed by atoms with Gasteiger partial charge in [0.05, 0.1) is 23.9 Å². The summed E-state index contributed by atoms with van der Waals surface area (Å²) in [5.41, 5.74) is -0.348. The molecule has 0 amide bonds. The summed E-state index contributed by atoms with van der Waals surface area (Å²) in [5, 5.41) is 4.18. The van der Waals surface area contributed by atoms with E-state index in [2.05, 4.69) is 5.10 Å². The Hall–Kier alpha value is -0.580. The Balaban J connectivity index is 2.35. The highest BCUT2D eigenvalue weighted by atomic mass is 35.5. The first-order valence-electron chi connectivity index (χ1n) is 4.70. The third-order valence-electron chi connectivity index (χ3n) is 2.38. The number of halogens is 2. The van der Waals surface area contributed by atoms with Gasteiger partial charge in [-0.2, -0.15) is 5.10 Å². The van der Waals surface area contributed by atoms with E-state index < -0.39 is 0 Å². The number of hydrogen-bond acceptors (Lipinski definition) is 3. The minimum atomic E-state index is -0.348. The molecule has 82 valence electrons. The maximum absolute atomic E-state index is 11.7. The molecule has 0 radical (unpaired) electrons. The van der Waals surface area contributed by atoms with Gasteiger partial charge in [0.2, 0.25) is 0 Å². The summed E-state index contributed by atoms with van der Waals surface area (Å²) < 4.78 is 6.64. The van der Waals surface area contributed by atoms with Crippen LogP contribution in [-0.2, 0) is 4.74 Å². The SMILES string of the molecule is O=c1c(Cl)c(Cl)cnn1C1CCCOC1. The van der Waals surface area contributed by atoms with Crippen LogP contribution in [0.15, 0.2) is 11.0 Å². The molecule has 1 aromatic rings. The molecule has 1 unspecified atom stereocenters. The van der Waals surface area contributed by atoms with Crippen LogP contribution < -0.4 is 5.56 Å². The van der Waals surface area contributed by atoms with Crippen LogP contribution in [-0.4, -0.2) is 23.0 Å². The molecule has 0 aromatic carbocycles. The molecule has 1 aliphatic heterocycles. The first-order chi connectivity index (χ1) is 7.20. The van der Waals surface area contributed by atoms with E-state index in [1.807, 2.05) is 0 Å². The van der Waals surface area contributed by atoms with Crippen molar-refractivity contribution in [2.75, 3.05) is 13.2 Å². The molecule has 1 saturated heterocycles. The summed E-state index contributed by atoms with van der Waals surface area (Å²) in [5.74, 6) is 0. The third-order valence-corrected chi connectivity index (χ3v) is 3.13. The lowest BCUT2D eigenvalue weighted by molar-refractivity contribution is 0.0531. The maximum atomic E-state index is 11.7. The summed E-state index contributed by atoms with van der Waals surface area (Å²) in [7, 11) is 0. The molecule has 1 aliphatic rings. The lowest BCUT2D eigenvalue weighted by Crippen LogP contribution is -2.32. The van der Waals surface area contributed by atoms with Crippen LogP contribution in [0.25, 0.3) is 0 Å². The lowest BCUT2D eigenvalue weighted by atomic mass is 10.1. The maximum Gasteiger partial charge on any atom is 0.287 e. The minimum Gasteiger partial charge on any atom is -0.379 e. The van der Waals surface area contributed by atoms with Gasteiger partial charge in [0.1, 0.15) is 5.02 Å². The molecular formula is C9H10Cl2N2O2. The average molecular weight is 249 g/mol. The van der Waals surface area contributed by atoms with Crippen molar-refractivity contribution in [2.24, 2.45) is 0 Å². The Labute approximate surface area is 96.7 Å². The predicted octanol–water partition coefficient (Wildman–Crippen LogP) is 1.90. The van der Waals surface area contributed by atoms with Crippen LogP contribution >= 0.6 is 23.2 Å². The molecule has 0 saturated carbocycles. The summed E-state index contributed by atoms with van der Waals surface area (Å²) in [6.45, 7) is 1.25. The van der Waals surface area contributed by atoms with Crippen LogP contribution in [0.5, 0.6) is 0 Å². The van der Waals surface area contributed by atoms with Gasteiger partial charge in [0.25, 0.3) is 5.56 Å². The van der Waals surface area contributed by atoms with E-state index in [4.69, 9.17) is 27.9 Å². The fourth-order valence-corrected chi connectivity index (χ4v) is 1.86. The van der Waals surface area contributed by atoms with Gasteiger partial charge in [0, 0.05) is 6.61 Å². The van der Waals surface area contributed by atoms with Gasteiger partial charge in [-0.1, -0.05) is 23.2 Å². The quantitative estimate of drug-likeness (QED) is 0.763. The summed E-state index contributed by atoms with van der Waals surface area (Å²) in [6, 6.07) is -0.0268. The Bertz CT molecular complexity index is 413. The molecule has 2 rings (SSSR count). The Morgan fingerprint density at radius 3 is 3.00 bits per heavy atom. The van der Waals surface area contributed by atoms with Gasteiger partial charge in [-0.3, -0.25) is 4.79 Å². The van der Waals surface area contributed by atoms with E-state index in [0.29, 0.717) is 6.61 Å². The second kappa shape index (κ2) is 4.51. The Kier molecular flexibility index (Phi) is 3.29. The molecule has 1 aromatic heterocycles. The first kappa shape index (κ1) is 10.9. The third kappa shape index (κ3) is 2.17. The van der Waals surface area contributed by atoms with Crippen molar-refractivity contribution >= 4 is 23.2 Å². The number of hydrogen-bond donors (Lipinski definition) is 0. The van der Waals surface area contributed by atoms with Crippen molar-refractivity contribution in [3.05, 3.63) is 26.6 Å². The van der Waals surface area contributed by atoms with Crippen LogP contribution in [0.4, 0.5) is 0 Å². The zero-order chi connectivity index (χ0) is 10.8. The van der Waals surface area contributed by atoms with Gasteiger partial charge in [-0.05, 0) is 12.8 Å². The zero-order valence-electron chi connectivity index (χ0n) is 7.95. The van der Waals surface area contributed by atoms with Crippen LogP contribution in [0, 0.1) is 0 Å². The van der Waals surface area contributed by atoms with Gasteiger partial charge in [-0.15, -0.1) is 0 Å². The summed E-state index contributed by atoms with van der Waals surface area (Å²) in [4.78, 5) is 11.7. The highest BCUT2D eigenvalue weighted by molar-refractivity contribution is 6.41. The normalized spacial score (nSPS) is 21.6. The number of nitrogens with zero attached hydrogens (tertiary/aromatic N) is 2. The molecule has 15 heavy (non-hydrogen) atoms. The molecule has 6 heteroatoms. The molecule has 0 bridgehead atoms. The standard InChI is InChI=1S/C9H10Cl2N2O2/c10-7-4-12-13(9(14)8(7)11)6-2-1-3-15-5-6/h4,6H,1-3,5H2. The van der Waals surface area contributed by atoms with Crippen molar-refractivity contribution in [2.45, 2.75) is 18.9 Å². The van der Waals surface area contributed by atoms with Crippen molar-refractivity contribution in [1.82, 2.24) is 9.78 Å². The zero-order valence-corrected chi connectivity index (χ0v) is 9.46. The number of aromatic nitrogens is 2. The highest BCUT2D eigenvalue weighted by Gasteiger charge is 2.19. The summed E-state index contributed by atoms with van der Waals surface area (Å²) in [6.07, 6.45) is 3.20. The first-order valence-corrected chi connectivity index (χ1v) is 5.46. The van der Waals surface area contributed by atoms with Crippen LogP contribution in [0.3, 0.4) is 0 Å². The summed E-state index contributed by atoms with van der Waals surface area (Å²) >= 11 is 11.4. The minimum absolute atomic E-state index is 0.0252. The van der Waals surface area contributed by atoms with Crippen molar-refractivity contribution in [3.8, 4) is 0 Å². The van der Waals surface area contributed by atoms with E-state index in [-0.39, 0.29) is 21.6 Å². The van der Waals surface area contributed by atoms with E-state index in [9.17, 15) is 4.79 Å². The molecule has 0 spiro atoms. The number of ether oxygens (including phenoxy) is 1. The molecule has 0 aliphatic carbocycles. The highest BCUT2D eigenvalue weighted by Crippen LogP contribution is 2.20. The van der Waals surface area contributed by atoms with Gasteiger partial charge in [-0.25, -0.2) is 4.68 Å². The second-order valence-electron chi connectivity index (χ2n) is 3.43. The lowest BCUT2D eigenvalue weighted by Gasteiger charge is -2.22. The fourth-order valence-electron chi connectivity index (χ4n) is 1.60. The monoisotopic (exact) mass is 248 g/mol. The van der Waals surface area contributed by atoms with Crippen molar-refractivity contribution in [3.63, 3.8) is 0 Å². The van der Waals surface area contributed by atoms with Gasteiger partial charge in [0.15, 0.2) is 0 Å². The molecule has 1 fully saturated rings. The predicted molar refractivity (Wildman–Crippen MR) is 57.6 cm³/mol. The van der Waals surface area contributed by atoms with E-state index in [0.717, 1.165) is 19.4 Å². The fraction of sp³-hybridized carbons (Fsp3) is 0.556. The Morgan fingerprint density at radius 2 is 2.33 bits per heavy atom. The molecular weight excluding hydrogens is 239 g/mol. The molecule has 1 atom stereocenters.